The summed E-state index contributed by atoms with van der Waals surface area (Å²) in [5.74, 6) is -0.590. The summed E-state index contributed by atoms with van der Waals surface area (Å²) in [5.41, 5.74) is 4.33. The van der Waals surface area contributed by atoms with Gasteiger partial charge in [0.15, 0.2) is 5.82 Å². The van der Waals surface area contributed by atoms with Gasteiger partial charge in [-0.1, -0.05) is 30.3 Å². The van der Waals surface area contributed by atoms with E-state index in [0.29, 0.717) is 40.4 Å². The molecule has 1 fully saturated rings. The topological polar surface area (TPSA) is 118 Å². The first-order valence-corrected chi connectivity index (χ1v) is 14.4. The van der Waals surface area contributed by atoms with E-state index in [2.05, 4.69) is 20.7 Å². The monoisotopic (exact) mass is 590 g/mol. The Morgan fingerprint density at radius 1 is 1.02 bits per heavy atom. The van der Waals surface area contributed by atoms with Gasteiger partial charge in [-0.25, -0.2) is 4.79 Å². The second-order valence-electron chi connectivity index (χ2n) is 10.9. The highest BCUT2D eigenvalue weighted by Crippen LogP contribution is 2.32. The lowest BCUT2D eigenvalue weighted by molar-refractivity contribution is 0.0342. The largest absolute Gasteiger partial charge is 0.442 e. The number of rotatable bonds is 7. The van der Waals surface area contributed by atoms with E-state index in [1.807, 2.05) is 48.5 Å². The smallest absolute Gasteiger partial charge is 0.436 e. The molecule has 0 atom stereocenters. The summed E-state index contributed by atoms with van der Waals surface area (Å²) in [5, 5.41) is 9.29. The van der Waals surface area contributed by atoms with Gasteiger partial charge in [-0.05, 0) is 56.7 Å². The highest BCUT2D eigenvalue weighted by Gasteiger charge is 2.26. The van der Waals surface area contributed by atoms with Gasteiger partial charge in [0, 0.05) is 32.2 Å². The number of nitrogens with one attached hydrogen (secondary N) is 2. The predicted octanol–water partition coefficient (Wildman–Crippen LogP) is 4.75. The molecule has 3 heterocycles. The number of thiophene rings is 1. The van der Waals surface area contributed by atoms with Crippen molar-refractivity contribution in [3.63, 3.8) is 0 Å². The van der Waals surface area contributed by atoms with Crippen molar-refractivity contribution >= 4 is 51.0 Å². The van der Waals surface area contributed by atoms with Crippen LogP contribution in [0.15, 0.2) is 60.7 Å². The molecule has 0 aliphatic carbocycles. The Balaban J connectivity index is 1.41. The van der Waals surface area contributed by atoms with Crippen LogP contribution in [0.3, 0.4) is 0 Å². The van der Waals surface area contributed by atoms with Gasteiger partial charge in [-0.15, -0.1) is 16.4 Å². The number of ether oxygens (including phenoxy) is 2. The standard InChI is InChI=1S/C30H34N6O5S/c1-30(2,3)41-29(39)36-28-23(18-24(42-28)27(38)33-34(4)22-11-6-5-7-12-22)25(32-36)31-26(37)21-10-8-9-20(17-21)19-35-13-15-40-16-14-35/h5-12,17-18H,13-16,19H2,1-4H3,(H,33,38)(H,31,32,37). The van der Waals surface area contributed by atoms with Crippen molar-refractivity contribution in [3.05, 3.63) is 76.7 Å². The van der Waals surface area contributed by atoms with Crippen LogP contribution in [0.5, 0.6) is 0 Å². The Bertz CT molecular complexity index is 1590. The van der Waals surface area contributed by atoms with Crippen molar-refractivity contribution in [3.8, 4) is 0 Å². The molecule has 0 radical (unpaired) electrons. The van der Waals surface area contributed by atoms with E-state index in [1.165, 1.54) is 0 Å². The number of para-hydroxylation sites is 1. The summed E-state index contributed by atoms with van der Waals surface area (Å²) in [4.78, 5) is 42.6. The fraction of sp³-hybridized carbons (Fsp3) is 0.333. The zero-order valence-electron chi connectivity index (χ0n) is 24.0. The van der Waals surface area contributed by atoms with Crippen LogP contribution < -0.4 is 15.8 Å². The minimum absolute atomic E-state index is 0.158. The molecule has 0 saturated carbocycles. The van der Waals surface area contributed by atoms with Crippen molar-refractivity contribution in [2.75, 3.05) is 43.7 Å². The van der Waals surface area contributed by atoms with Gasteiger partial charge in [0.1, 0.15) is 10.4 Å². The number of nitrogens with zero attached hydrogens (tertiary/aromatic N) is 4. The number of hydrazine groups is 1. The predicted molar refractivity (Wildman–Crippen MR) is 162 cm³/mol. The van der Waals surface area contributed by atoms with Gasteiger partial charge in [-0.2, -0.15) is 4.68 Å². The highest BCUT2D eigenvalue weighted by molar-refractivity contribution is 7.20. The highest BCUT2D eigenvalue weighted by atomic mass is 32.1. The minimum atomic E-state index is -0.768. The van der Waals surface area contributed by atoms with E-state index in [0.717, 1.165) is 40.4 Å². The van der Waals surface area contributed by atoms with Crippen LogP contribution in [0.25, 0.3) is 10.2 Å². The van der Waals surface area contributed by atoms with Gasteiger partial charge >= 0.3 is 6.09 Å². The number of anilines is 2. The fourth-order valence-electron chi connectivity index (χ4n) is 4.47. The summed E-state index contributed by atoms with van der Waals surface area (Å²) >= 11 is 1.08. The lowest BCUT2D eigenvalue weighted by Gasteiger charge is -2.26. The third kappa shape index (κ3) is 6.96. The quantitative estimate of drug-likeness (QED) is 0.296. The molecular formula is C30H34N6O5S. The van der Waals surface area contributed by atoms with E-state index < -0.39 is 11.7 Å². The summed E-state index contributed by atoms with van der Waals surface area (Å²) in [6.07, 6.45) is -0.712. The molecule has 2 aromatic carbocycles. The molecule has 2 amide bonds. The first-order chi connectivity index (χ1) is 20.1. The molecule has 2 aromatic heterocycles. The molecule has 0 unspecified atom stereocenters. The average Bonchev–Trinajstić information content (AvgIpc) is 3.54. The van der Waals surface area contributed by atoms with Gasteiger partial charge in [0.2, 0.25) is 0 Å². The maximum Gasteiger partial charge on any atom is 0.436 e. The first-order valence-electron chi connectivity index (χ1n) is 13.6. The number of morpholine rings is 1. The normalized spacial score (nSPS) is 14.0. The van der Waals surface area contributed by atoms with Crippen LogP contribution >= 0.6 is 11.3 Å². The van der Waals surface area contributed by atoms with Crippen LogP contribution in [-0.2, 0) is 16.0 Å². The van der Waals surface area contributed by atoms with E-state index in [1.54, 1.807) is 45.0 Å². The molecule has 1 aliphatic heterocycles. The molecule has 2 N–H and O–H groups in total. The van der Waals surface area contributed by atoms with Crippen molar-refractivity contribution in [1.29, 1.82) is 0 Å². The molecule has 42 heavy (non-hydrogen) atoms. The Hall–Kier alpha value is -4.26. The molecule has 4 aromatic rings. The molecular weight excluding hydrogens is 556 g/mol. The van der Waals surface area contributed by atoms with Crippen LogP contribution in [0.1, 0.15) is 46.4 Å². The van der Waals surface area contributed by atoms with Crippen molar-refractivity contribution in [2.24, 2.45) is 0 Å². The summed E-state index contributed by atoms with van der Waals surface area (Å²) in [6.45, 7) is 9.04. The van der Waals surface area contributed by atoms with Gasteiger partial charge in [0.05, 0.1) is 29.2 Å². The van der Waals surface area contributed by atoms with Gasteiger partial charge in [-0.3, -0.25) is 24.9 Å². The molecule has 0 spiro atoms. The fourth-order valence-corrected chi connectivity index (χ4v) is 5.46. The van der Waals surface area contributed by atoms with Crippen LogP contribution in [-0.4, -0.2) is 71.5 Å². The van der Waals surface area contributed by atoms with Crippen LogP contribution in [0.4, 0.5) is 16.3 Å². The Morgan fingerprint density at radius 2 is 1.76 bits per heavy atom. The third-order valence-corrected chi connectivity index (χ3v) is 7.60. The molecule has 1 aliphatic rings. The second-order valence-corrected chi connectivity index (χ2v) is 12.0. The molecule has 11 nitrogen and oxygen atoms in total. The first kappa shape index (κ1) is 29.2. The number of carbonyl (C=O) groups excluding carboxylic acids is 3. The number of hydrogen-bond acceptors (Lipinski definition) is 9. The molecule has 1 saturated heterocycles. The van der Waals surface area contributed by atoms with Crippen LogP contribution in [0, 0.1) is 0 Å². The SMILES string of the molecule is CN(NC(=O)c1cc2c(NC(=O)c3cccc(CN4CCOCC4)c3)nn(C(=O)OC(C)(C)C)c2s1)c1ccccc1. The molecule has 12 heteroatoms. The number of carbonyl (C=O) groups is 3. The van der Waals surface area contributed by atoms with E-state index in [4.69, 9.17) is 9.47 Å². The van der Waals surface area contributed by atoms with E-state index >= 15 is 0 Å². The average molecular weight is 591 g/mol. The zero-order chi connectivity index (χ0) is 29.9. The maximum atomic E-state index is 13.4. The van der Waals surface area contributed by atoms with Crippen molar-refractivity contribution < 1.29 is 23.9 Å². The summed E-state index contributed by atoms with van der Waals surface area (Å²) < 4.78 is 12.1. The van der Waals surface area contributed by atoms with Gasteiger partial charge < -0.3 is 14.8 Å². The van der Waals surface area contributed by atoms with E-state index in [-0.39, 0.29) is 17.6 Å². The second kappa shape index (κ2) is 12.3. The lowest BCUT2D eigenvalue weighted by Crippen LogP contribution is -2.38. The Kier molecular flexibility index (Phi) is 8.57. The Morgan fingerprint density at radius 3 is 2.48 bits per heavy atom. The zero-order valence-corrected chi connectivity index (χ0v) is 24.9. The minimum Gasteiger partial charge on any atom is -0.442 e. The molecule has 5 rings (SSSR count). The number of aromatic nitrogens is 2. The Labute approximate surface area is 248 Å². The van der Waals surface area contributed by atoms with Crippen molar-refractivity contribution in [1.82, 2.24) is 20.1 Å². The third-order valence-electron chi connectivity index (χ3n) is 6.49. The number of fused-ring (bicyclic) bond motifs is 1. The summed E-state index contributed by atoms with van der Waals surface area (Å²) in [7, 11) is 1.74. The number of hydrogen-bond donors (Lipinski definition) is 2. The summed E-state index contributed by atoms with van der Waals surface area (Å²) in [6, 6.07) is 18.4. The van der Waals surface area contributed by atoms with E-state index in [9.17, 15) is 14.4 Å². The van der Waals surface area contributed by atoms with Crippen LogP contribution in [0.2, 0.25) is 0 Å². The molecule has 0 bridgehead atoms. The van der Waals surface area contributed by atoms with Crippen molar-refractivity contribution in [2.45, 2.75) is 32.9 Å². The van der Waals surface area contributed by atoms with Gasteiger partial charge in [0.25, 0.3) is 11.8 Å². The number of benzene rings is 2. The maximum absolute atomic E-state index is 13.4. The molecule has 220 valence electrons. The lowest BCUT2D eigenvalue weighted by atomic mass is 10.1. The number of amides is 2.